The summed E-state index contributed by atoms with van der Waals surface area (Å²) in [5, 5.41) is 12.6. The van der Waals surface area contributed by atoms with E-state index in [1.807, 2.05) is 50.4 Å². The van der Waals surface area contributed by atoms with Crippen molar-refractivity contribution in [2.45, 2.75) is 13.3 Å². The fourth-order valence-electron chi connectivity index (χ4n) is 2.97. The summed E-state index contributed by atoms with van der Waals surface area (Å²) < 4.78 is 1.74. The zero-order valence-electron chi connectivity index (χ0n) is 15.8. The van der Waals surface area contributed by atoms with E-state index in [-0.39, 0.29) is 0 Å². The van der Waals surface area contributed by atoms with Crippen LogP contribution in [0.2, 0.25) is 5.02 Å². The minimum absolute atomic E-state index is 0.563. The van der Waals surface area contributed by atoms with E-state index in [0.717, 1.165) is 35.2 Å². The highest BCUT2D eigenvalue weighted by Gasteiger charge is 2.12. The molecule has 0 fully saturated rings. The third-order valence-corrected chi connectivity index (χ3v) is 4.97. The van der Waals surface area contributed by atoms with Crippen molar-refractivity contribution < 1.29 is 0 Å². The molecule has 0 spiro atoms. The maximum atomic E-state index is 6.26. The Bertz CT molecular complexity index is 1110. The molecule has 28 heavy (non-hydrogen) atoms. The van der Waals surface area contributed by atoms with E-state index in [4.69, 9.17) is 11.6 Å². The molecule has 4 aromatic rings. The van der Waals surface area contributed by atoms with Gasteiger partial charge in [-0.1, -0.05) is 48.0 Å². The Morgan fingerprint density at radius 2 is 1.89 bits per heavy atom. The number of nitrogens with zero attached hydrogens (tertiary/aromatic N) is 4. The number of aryl methyl sites for hydroxylation is 2. The normalized spacial score (nSPS) is 11.0. The number of rotatable bonds is 6. The van der Waals surface area contributed by atoms with Crippen molar-refractivity contribution in [3.63, 3.8) is 0 Å². The first-order valence-corrected chi connectivity index (χ1v) is 9.48. The van der Waals surface area contributed by atoms with Gasteiger partial charge in [0.05, 0.1) is 11.6 Å². The Kier molecular flexibility index (Phi) is 5.12. The molecule has 0 radical (unpaired) electrons. The van der Waals surface area contributed by atoms with Gasteiger partial charge in [0.2, 0.25) is 5.95 Å². The van der Waals surface area contributed by atoms with Crippen LogP contribution in [0, 0.1) is 6.92 Å². The predicted molar refractivity (Wildman–Crippen MR) is 114 cm³/mol. The number of nitrogens with one attached hydrogen (secondary N) is 2. The van der Waals surface area contributed by atoms with Crippen molar-refractivity contribution >= 4 is 40.1 Å². The van der Waals surface area contributed by atoms with Gasteiger partial charge in [0.25, 0.3) is 0 Å². The Hall–Kier alpha value is -3.12. The molecule has 7 heteroatoms. The molecule has 0 bridgehead atoms. The Balaban J connectivity index is 1.59. The predicted octanol–water partition coefficient (Wildman–Crippen LogP) is 4.72. The summed E-state index contributed by atoms with van der Waals surface area (Å²) in [7, 11) is 1.87. The highest BCUT2D eigenvalue weighted by molar-refractivity contribution is 6.31. The van der Waals surface area contributed by atoms with E-state index in [1.165, 1.54) is 5.56 Å². The lowest BCUT2D eigenvalue weighted by molar-refractivity contribution is 0.785. The van der Waals surface area contributed by atoms with Crippen LogP contribution in [0.3, 0.4) is 0 Å². The fourth-order valence-corrected chi connectivity index (χ4v) is 3.15. The number of benzene rings is 2. The lowest BCUT2D eigenvalue weighted by atomic mass is 10.1. The Morgan fingerprint density at radius 3 is 2.68 bits per heavy atom. The highest BCUT2D eigenvalue weighted by atomic mass is 35.5. The summed E-state index contributed by atoms with van der Waals surface area (Å²) in [6.45, 7) is 2.72. The molecule has 0 aliphatic carbocycles. The number of hydrogen-bond acceptors (Lipinski definition) is 5. The van der Waals surface area contributed by atoms with Crippen LogP contribution < -0.4 is 10.6 Å². The van der Waals surface area contributed by atoms with Gasteiger partial charge < -0.3 is 10.6 Å². The van der Waals surface area contributed by atoms with Gasteiger partial charge in [0.1, 0.15) is 5.82 Å². The molecule has 0 atom stereocenters. The summed E-state index contributed by atoms with van der Waals surface area (Å²) in [5.74, 6) is 1.26. The summed E-state index contributed by atoms with van der Waals surface area (Å²) in [6, 6.07) is 16.2. The molecule has 0 amide bonds. The Labute approximate surface area is 168 Å². The van der Waals surface area contributed by atoms with Gasteiger partial charge in [-0.15, -0.1) is 0 Å². The van der Waals surface area contributed by atoms with E-state index in [0.29, 0.717) is 16.8 Å². The second-order valence-electron chi connectivity index (χ2n) is 6.65. The monoisotopic (exact) mass is 392 g/mol. The number of anilines is 3. The van der Waals surface area contributed by atoms with Crippen LogP contribution in [0.25, 0.3) is 11.0 Å². The molecular weight excluding hydrogens is 372 g/mol. The van der Waals surface area contributed by atoms with Crippen molar-refractivity contribution in [3.05, 3.63) is 70.9 Å². The van der Waals surface area contributed by atoms with Crippen LogP contribution in [0.1, 0.15) is 11.1 Å². The molecule has 0 aliphatic heterocycles. The molecule has 2 heterocycles. The van der Waals surface area contributed by atoms with E-state index in [2.05, 4.69) is 37.8 Å². The Morgan fingerprint density at radius 1 is 1.07 bits per heavy atom. The maximum absolute atomic E-state index is 6.26. The SMILES string of the molecule is Cc1ccc(Nc2nc(NCCc3ccccc3)nc3c2cnn3C)cc1Cl. The van der Waals surface area contributed by atoms with Crippen LogP contribution >= 0.6 is 11.6 Å². The standard InChI is InChI=1S/C21H21ClN6/c1-14-8-9-16(12-18(14)22)25-19-17-13-24-28(2)20(17)27-21(26-19)23-11-10-15-6-4-3-5-7-15/h3-9,12-13H,10-11H2,1-2H3,(H2,23,25,26,27). The quantitative estimate of drug-likeness (QED) is 0.496. The summed E-state index contributed by atoms with van der Waals surface area (Å²) in [5.41, 5.74) is 3.93. The van der Waals surface area contributed by atoms with Crippen molar-refractivity contribution in [2.75, 3.05) is 17.2 Å². The van der Waals surface area contributed by atoms with Crippen molar-refractivity contribution in [1.82, 2.24) is 19.7 Å². The molecule has 0 saturated heterocycles. The molecule has 4 rings (SSSR count). The van der Waals surface area contributed by atoms with Crippen LogP contribution in [0.4, 0.5) is 17.5 Å². The lowest BCUT2D eigenvalue weighted by Crippen LogP contribution is -2.10. The molecule has 0 saturated carbocycles. The molecule has 6 nitrogen and oxygen atoms in total. The van der Waals surface area contributed by atoms with Gasteiger partial charge in [-0.25, -0.2) is 0 Å². The highest BCUT2D eigenvalue weighted by Crippen LogP contribution is 2.27. The van der Waals surface area contributed by atoms with Gasteiger partial charge in [-0.05, 0) is 36.6 Å². The third kappa shape index (κ3) is 3.92. The molecule has 2 aromatic heterocycles. The van der Waals surface area contributed by atoms with E-state index in [1.54, 1.807) is 10.9 Å². The minimum atomic E-state index is 0.563. The van der Waals surface area contributed by atoms with Crippen molar-refractivity contribution in [1.29, 1.82) is 0 Å². The molecule has 2 N–H and O–H groups in total. The summed E-state index contributed by atoms with van der Waals surface area (Å²) in [6.07, 6.45) is 2.66. The average Bonchev–Trinajstić information content (AvgIpc) is 3.07. The first-order chi connectivity index (χ1) is 13.6. The fraction of sp³-hybridized carbons (Fsp3) is 0.190. The van der Waals surface area contributed by atoms with Crippen molar-refractivity contribution in [2.24, 2.45) is 7.05 Å². The molecule has 2 aromatic carbocycles. The van der Waals surface area contributed by atoms with Crippen LogP contribution in [-0.4, -0.2) is 26.3 Å². The number of aromatic nitrogens is 4. The largest absolute Gasteiger partial charge is 0.354 e. The van der Waals surface area contributed by atoms with Gasteiger partial charge in [0.15, 0.2) is 5.65 Å². The van der Waals surface area contributed by atoms with Crippen molar-refractivity contribution in [3.8, 4) is 0 Å². The van der Waals surface area contributed by atoms with E-state index in [9.17, 15) is 0 Å². The van der Waals surface area contributed by atoms with E-state index < -0.39 is 0 Å². The first-order valence-electron chi connectivity index (χ1n) is 9.11. The van der Waals surface area contributed by atoms with Gasteiger partial charge in [-0.2, -0.15) is 15.1 Å². The number of fused-ring (bicyclic) bond motifs is 1. The maximum Gasteiger partial charge on any atom is 0.226 e. The van der Waals surface area contributed by atoms with Crippen LogP contribution in [0.15, 0.2) is 54.7 Å². The second-order valence-corrected chi connectivity index (χ2v) is 7.06. The first kappa shape index (κ1) is 18.3. The number of halogens is 1. The smallest absolute Gasteiger partial charge is 0.226 e. The minimum Gasteiger partial charge on any atom is -0.354 e. The topological polar surface area (TPSA) is 67.7 Å². The molecular formula is C21H21ClN6. The molecule has 0 unspecified atom stereocenters. The third-order valence-electron chi connectivity index (χ3n) is 4.57. The van der Waals surface area contributed by atoms with Gasteiger partial charge in [0, 0.05) is 24.3 Å². The number of hydrogen-bond donors (Lipinski definition) is 2. The zero-order valence-corrected chi connectivity index (χ0v) is 16.5. The zero-order chi connectivity index (χ0) is 19.5. The lowest BCUT2D eigenvalue weighted by Gasteiger charge is -2.11. The van der Waals surface area contributed by atoms with Crippen LogP contribution in [0.5, 0.6) is 0 Å². The van der Waals surface area contributed by atoms with Crippen LogP contribution in [-0.2, 0) is 13.5 Å². The molecule has 0 aliphatic rings. The molecule has 142 valence electrons. The van der Waals surface area contributed by atoms with Gasteiger partial charge >= 0.3 is 0 Å². The average molecular weight is 393 g/mol. The summed E-state index contributed by atoms with van der Waals surface area (Å²) in [4.78, 5) is 9.28. The summed E-state index contributed by atoms with van der Waals surface area (Å²) >= 11 is 6.26. The van der Waals surface area contributed by atoms with Gasteiger partial charge in [-0.3, -0.25) is 4.68 Å². The second kappa shape index (κ2) is 7.86. The van der Waals surface area contributed by atoms with E-state index >= 15 is 0 Å².